The molecular weight excluding hydrogens is 354 g/mol. The van der Waals surface area contributed by atoms with Crippen molar-refractivity contribution in [2.24, 2.45) is 5.92 Å². The van der Waals surface area contributed by atoms with Crippen LogP contribution < -0.4 is 5.32 Å². The van der Waals surface area contributed by atoms with Crippen molar-refractivity contribution < 1.29 is 13.2 Å². The van der Waals surface area contributed by atoms with Crippen LogP contribution in [-0.4, -0.2) is 46.3 Å². The number of piperidine rings is 1. The minimum absolute atomic E-state index is 0.0285. The number of aryl methyl sites for hydroxylation is 2. The van der Waals surface area contributed by atoms with Gasteiger partial charge in [0.15, 0.2) is 5.03 Å². The van der Waals surface area contributed by atoms with Gasteiger partial charge in [-0.1, -0.05) is 0 Å². The van der Waals surface area contributed by atoms with E-state index < -0.39 is 15.9 Å². The van der Waals surface area contributed by atoms with Gasteiger partial charge in [0, 0.05) is 32.0 Å². The van der Waals surface area contributed by atoms with Crippen LogP contribution in [0.4, 0.5) is 5.82 Å². The molecule has 0 unspecified atom stereocenters. The highest BCUT2D eigenvalue weighted by molar-refractivity contribution is 7.89. The highest BCUT2D eigenvalue weighted by Crippen LogP contribution is 2.24. The summed E-state index contributed by atoms with van der Waals surface area (Å²) >= 11 is 0. The number of hydrogen-bond acceptors (Lipinski definition) is 5. The van der Waals surface area contributed by atoms with Crippen LogP contribution in [0.25, 0.3) is 0 Å². The topological polar surface area (TPSA) is 97.2 Å². The molecule has 0 radical (unpaired) electrons. The van der Waals surface area contributed by atoms with Gasteiger partial charge in [-0.15, -0.1) is 0 Å². The average molecular weight is 377 g/mol. The van der Waals surface area contributed by atoms with Crippen LogP contribution in [0.5, 0.6) is 0 Å². The first-order valence-corrected chi connectivity index (χ1v) is 10.1. The summed E-state index contributed by atoms with van der Waals surface area (Å²) in [4.78, 5) is 20.7. The van der Waals surface area contributed by atoms with Crippen LogP contribution >= 0.6 is 0 Å². The Bertz CT molecular complexity index is 893. The van der Waals surface area contributed by atoms with Crippen LogP contribution in [0.1, 0.15) is 25.3 Å². The predicted molar refractivity (Wildman–Crippen MR) is 97.0 cm³/mol. The van der Waals surface area contributed by atoms with Crippen LogP contribution in [0.15, 0.2) is 35.9 Å². The van der Waals surface area contributed by atoms with E-state index in [1.165, 1.54) is 16.8 Å². The summed E-state index contributed by atoms with van der Waals surface area (Å²) in [5.74, 6) is -0.132. The molecule has 0 spiro atoms. The van der Waals surface area contributed by atoms with E-state index in [1.807, 2.05) is 19.9 Å². The maximum Gasteiger partial charge on any atom is 0.262 e. The van der Waals surface area contributed by atoms with Crippen molar-refractivity contribution in [3.63, 3.8) is 0 Å². The first-order chi connectivity index (χ1) is 12.4. The van der Waals surface area contributed by atoms with E-state index in [1.54, 1.807) is 16.8 Å². The van der Waals surface area contributed by atoms with E-state index >= 15 is 0 Å². The third kappa shape index (κ3) is 3.94. The van der Waals surface area contributed by atoms with E-state index in [0.717, 1.165) is 5.56 Å². The zero-order valence-corrected chi connectivity index (χ0v) is 15.7. The largest absolute Gasteiger partial charge is 0.336 e. The summed E-state index contributed by atoms with van der Waals surface area (Å²) in [7, 11) is -3.69. The van der Waals surface area contributed by atoms with Crippen LogP contribution in [0.3, 0.4) is 0 Å². The van der Waals surface area contributed by atoms with Gasteiger partial charge in [0.2, 0.25) is 5.91 Å². The molecular formula is C17H23N5O3S. The zero-order chi connectivity index (χ0) is 18.7. The lowest BCUT2D eigenvalue weighted by molar-refractivity contribution is -0.120. The van der Waals surface area contributed by atoms with Gasteiger partial charge in [0.1, 0.15) is 5.82 Å². The highest BCUT2D eigenvalue weighted by Gasteiger charge is 2.34. The second kappa shape index (κ2) is 7.55. The van der Waals surface area contributed by atoms with Crippen molar-refractivity contribution in [3.05, 3.63) is 36.4 Å². The molecule has 0 saturated carbocycles. The molecule has 140 valence electrons. The minimum Gasteiger partial charge on any atom is -0.336 e. The number of amides is 1. The van der Waals surface area contributed by atoms with Crippen LogP contribution in [-0.2, 0) is 21.4 Å². The molecule has 1 atom stereocenters. The summed E-state index contributed by atoms with van der Waals surface area (Å²) in [5, 5.41) is 2.81. The van der Waals surface area contributed by atoms with Gasteiger partial charge >= 0.3 is 0 Å². The third-order valence-electron chi connectivity index (χ3n) is 4.50. The van der Waals surface area contributed by atoms with E-state index in [2.05, 4.69) is 15.3 Å². The molecule has 1 aliphatic rings. The fourth-order valence-electron chi connectivity index (χ4n) is 2.99. The quantitative estimate of drug-likeness (QED) is 0.854. The van der Waals surface area contributed by atoms with E-state index in [0.29, 0.717) is 31.7 Å². The third-order valence-corrected chi connectivity index (χ3v) is 6.25. The fourth-order valence-corrected chi connectivity index (χ4v) is 4.44. The monoisotopic (exact) mass is 377 g/mol. The molecule has 1 aliphatic heterocycles. The van der Waals surface area contributed by atoms with Crippen LogP contribution in [0, 0.1) is 12.8 Å². The molecule has 8 nitrogen and oxygen atoms in total. The lowest BCUT2D eigenvalue weighted by Crippen LogP contribution is -2.43. The Balaban J connectivity index is 1.71. The predicted octanol–water partition coefficient (Wildman–Crippen LogP) is 1.65. The van der Waals surface area contributed by atoms with E-state index in [4.69, 9.17) is 0 Å². The summed E-state index contributed by atoms with van der Waals surface area (Å²) < 4.78 is 28.7. The number of hydrogen-bond donors (Lipinski definition) is 1. The number of nitrogens with one attached hydrogen (secondary N) is 1. The Morgan fingerprint density at radius 2 is 2.19 bits per heavy atom. The molecule has 0 aromatic carbocycles. The molecule has 1 N–H and O–H groups in total. The number of carbonyl (C=O) groups is 1. The molecule has 0 bridgehead atoms. The minimum atomic E-state index is -3.69. The smallest absolute Gasteiger partial charge is 0.262 e. The molecule has 1 amide bonds. The average Bonchev–Trinajstić information content (AvgIpc) is 3.12. The summed E-state index contributed by atoms with van der Waals surface area (Å²) in [6, 6.07) is 3.63. The molecule has 0 aliphatic carbocycles. The summed E-state index contributed by atoms with van der Waals surface area (Å²) in [6.07, 6.45) is 5.94. The molecule has 1 saturated heterocycles. The lowest BCUT2D eigenvalue weighted by Gasteiger charge is -2.30. The van der Waals surface area contributed by atoms with Crippen molar-refractivity contribution in [3.8, 4) is 0 Å². The molecule has 2 aromatic heterocycles. The number of imidazole rings is 1. The number of rotatable bonds is 5. The Morgan fingerprint density at radius 1 is 1.38 bits per heavy atom. The number of anilines is 1. The van der Waals surface area contributed by atoms with Gasteiger partial charge in [-0.3, -0.25) is 4.79 Å². The standard InChI is InChI=1S/C17H23N5O3S/c1-3-21-11-16(19-12-21)26(24,25)22-8-4-5-14(10-22)17(23)20-15-9-13(2)6-7-18-15/h6-7,9,11-12,14H,3-5,8,10H2,1-2H3,(H,18,20,23)/t14-/m0/s1. The second-order valence-electron chi connectivity index (χ2n) is 6.45. The summed E-state index contributed by atoms with van der Waals surface area (Å²) in [5.41, 5.74) is 0.995. The molecule has 3 heterocycles. The first kappa shape index (κ1) is 18.5. The number of pyridine rings is 1. The molecule has 26 heavy (non-hydrogen) atoms. The van der Waals surface area contributed by atoms with Gasteiger partial charge in [0.05, 0.1) is 12.2 Å². The normalized spacial score (nSPS) is 18.6. The lowest BCUT2D eigenvalue weighted by atomic mass is 9.99. The van der Waals surface area contributed by atoms with Crippen molar-refractivity contribution in [2.75, 3.05) is 18.4 Å². The number of nitrogens with zero attached hydrogens (tertiary/aromatic N) is 4. The van der Waals surface area contributed by atoms with Crippen LogP contribution in [0.2, 0.25) is 0 Å². The maximum absolute atomic E-state index is 12.8. The van der Waals surface area contributed by atoms with E-state index in [-0.39, 0.29) is 17.5 Å². The zero-order valence-electron chi connectivity index (χ0n) is 14.9. The Kier molecular flexibility index (Phi) is 5.38. The van der Waals surface area contributed by atoms with Gasteiger partial charge in [-0.2, -0.15) is 4.31 Å². The fraction of sp³-hybridized carbons (Fsp3) is 0.471. The summed E-state index contributed by atoms with van der Waals surface area (Å²) in [6.45, 7) is 5.03. The van der Waals surface area contributed by atoms with Crippen molar-refractivity contribution in [2.45, 2.75) is 38.3 Å². The first-order valence-electron chi connectivity index (χ1n) is 8.65. The maximum atomic E-state index is 12.8. The number of aromatic nitrogens is 3. The Labute approximate surface area is 153 Å². The van der Waals surface area contributed by atoms with Crippen molar-refractivity contribution in [1.82, 2.24) is 18.8 Å². The van der Waals surface area contributed by atoms with Gasteiger partial charge in [0.25, 0.3) is 10.0 Å². The van der Waals surface area contributed by atoms with Crippen molar-refractivity contribution in [1.29, 1.82) is 0 Å². The molecule has 9 heteroatoms. The van der Waals surface area contributed by atoms with Gasteiger partial charge in [-0.25, -0.2) is 18.4 Å². The molecule has 2 aromatic rings. The van der Waals surface area contributed by atoms with E-state index in [9.17, 15) is 13.2 Å². The SMILES string of the molecule is CCn1cnc(S(=O)(=O)N2CCC[C@H](C(=O)Nc3cc(C)ccn3)C2)c1. The number of carbonyl (C=O) groups excluding carboxylic acids is 1. The highest BCUT2D eigenvalue weighted by atomic mass is 32.2. The Hall–Kier alpha value is -2.26. The van der Waals surface area contributed by atoms with Crippen molar-refractivity contribution >= 4 is 21.7 Å². The molecule has 3 rings (SSSR count). The number of sulfonamides is 1. The van der Waals surface area contributed by atoms with Gasteiger partial charge < -0.3 is 9.88 Å². The van der Waals surface area contributed by atoms with Gasteiger partial charge in [-0.05, 0) is 44.4 Å². The molecule has 1 fully saturated rings. The second-order valence-corrected chi connectivity index (χ2v) is 8.34. The Morgan fingerprint density at radius 3 is 2.88 bits per heavy atom.